The van der Waals surface area contributed by atoms with Gasteiger partial charge in [-0.25, -0.2) is 0 Å². The van der Waals surface area contributed by atoms with Gasteiger partial charge in [0, 0.05) is 40.1 Å². The Morgan fingerprint density at radius 1 is 0.886 bits per heavy atom. The van der Waals surface area contributed by atoms with E-state index < -0.39 is 6.04 Å². The molecule has 2 saturated heterocycles. The number of carbonyl (C=O) groups excluding carboxylic acids is 2. The van der Waals surface area contributed by atoms with Gasteiger partial charge in [-0.05, 0) is 57.7 Å². The van der Waals surface area contributed by atoms with Crippen molar-refractivity contribution in [3.8, 4) is 0 Å². The van der Waals surface area contributed by atoms with Crippen LogP contribution in [0, 0.1) is 0 Å². The lowest BCUT2D eigenvalue weighted by atomic mass is 9.78. The Balaban J connectivity index is 1.44. The highest BCUT2D eigenvalue weighted by Gasteiger charge is 2.51. The van der Waals surface area contributed by atoms with Crippen molar-refractivity contribution in [1.29, 1.82) is 0 Å². The largest absolute Gasteiger partial charge is 0.356 e. The minimum absolute atomic E-state index is 0.0295. The van der Waals surface area contributed by atoms with E-state index in [2.05, 4.69) is 62.3 Å². The Bertz CT molecular complexity index is 1290. The molecule has 3 aliphatic heterocycles. The average Bonchev–Trinajstić information content (AvgIpc) is 3.17. The second-order valence-corrected chi connectivity index (χ2v) is 11.8. The van der Waals surface area contributed by atoms with Crippen LogP contribution in [0.1, 0.15) is 63.4 Å². The van der Waals surface area contributed by atoms with Crippen LogP contribution in [-0.2, 0) is 16.0 Å². The van der Waals surface area contributed by atoms with Crippen molar-refractivity contribution in [3.05, 3.63) is 71.4 Å². The Morgan fingerprint density at radius 3 is 2.26 bits per heavy atom. The number of rotatable bonds is 2. The predicted octanol–water partition coefficient (Wildman–Crippen LogP) is 4.16. The van der Waals surface area contributed by atoms with Crippen LogP contribution >= 0.6 is 0 Å². The summed E-state index contributed by atoms with van der Waals surface area (Å²) in [5.41, 5.74) is 4.07. The van der Waals surface area contributed by atoms with Gasteiger partial charge in [-0.1, -0.05) is 48.5 Å². The van der Waals surface area contributed by atoms with Crippen molar-refractivity contribution in [1.82, 2.24) is 20.1 Å². The summed E-state index contributed by atoms with van der Waals surface area (Å²) in [5, 5.41) is 4.85. The first-order chi connectivity index (χ1) is 16.6. The van der Waals surface area contributed by atoms with Crippen LogP contribution < -0.4 is 5.32 Å². The summed E-state index contributed by atoms with van der Waals surface area (Å²) < 4.78 is 0. The van der Waals surface area contributed by atoms with Gasteiger partial charge in [0.05, 0.1) is 6.04 Å². The Labute approximate surface area is 206 Å². The molecule has 2 amide bonds. The third kappa shape index (κ3) is 3.66. The summed E-state index contributed by atoms with van der Waals surface area (Å²) in [4.78, 5) is 35.4. The molecule has 0 spiro atoms. The van der Waals surface area contributed by atoms with Crippen LogP contribution in [0.2, 0.25) is 0 Å². The van der Waals surface area contributed by atoms with Crippen molar-refractivity contribution >= 4 is 22.7 Å². The second kappa shape index (κ2) is 7.69. The predicted molar refractivity (Wildman–Crippen MR) is 137 cm³/mol. The fourth-order valence-electron chi connectivity index (χ4n) is 7.07. The van der Waals surface area contributed by atoms with Gasteiger partial charge in [0.1, 0.15) is 12.6 Å². The maximum absolute atomic E-state index is 14.2. The molecule has 3 aliphatic rings. The minimum Gasteiger partial charge on any atom is -0.356 e. The lowest BCUT2D eigenvalue weighted by Gasteiger charge is -2.53. The molecule has 182 valence electrons. The van der Waals surface area contributed by atoms with E-state index in [-0.39, 0.29) is 41.5 Å². The maximum Gasteiger partial charge on any atom is 0.246 e. The van der Waals surface area contributed by atoms with E-state index >= 15 is 0 Å². The van der Waals surface area contributed by atoms with Crippen molar-refractivity contribution in [2.75, 3.05) is 6.54 Å². The van der Waals surface area contributed by atoms with E-state index in [1.54, 1.807) is 0 Å². The van der Waals surface area contributed by atoms with E-state index in [0.29, 0.717) is 6.42 Å². The van der Waals surface area contributed by atoms with Crippen LogP contribution in [0.25, 0.3) is 10.9 Å². The van der Waals surface area contributed by atoms with E-state index in [4.69, 9.17) is 0 Å². The second-order valence-electron chi connectivity index (χ2n) is 11.8. The number of carbonyl (C=O) groups is 2. The summed E-state index contributed by atoms with van der Waals surface area (Å²) in [6.07, 6.45) is 2.22. The topological polar surface area (TPSA) is 68.4 Å². The maximum atomic E-state index is 14.2. The smallest absolute Gasteiger partial charge is 0.246 e. The van der Waals surface area contributed by atoms with Gasteiger partial charge in [-0.3, -0.25) is 9.59 Å². The van der Waals surface area contributed by atoms with E-state index in [1.165, 1.54) is 0 Å². The molecule has 0 saturated carbocycles. The van der Waals surface area contributed by atoms with E-state index in [0.717, 1.165) is 40.6 Å². The van der Waals surface area contributed by atoms with Crippen molar-refractivity contribution in [2.24, 2.45) is 0 Å². The van der Waals surface area contributed by atoms with Gasteiger partial charge in [-0.2, -0.15) is 0 Å². The summed E-state index contributed by atoms with van der Waals surface area (Å²) in [7, 11) is 0. The number of hydrogen-bond donors (Lipinski definition) is 2. The van der Waals surface area contributed by atoms with E-state index in [9.17, 15) is 9.59 Å². The number of aromatic nitrogens is 1. The summed E-state index contributed by atoms with van der Waals surface area (Å²) >= 11 is 0. The number of benzene rings is 2. The lowest BCUT2D eigenvalue weighted by molar-refractivity contribution is -0.162. The quantitative estimate of drug-likeness (QED) is 0.591. The van der Waals surface area contributed by atoms with Crippen molar-refractivity contribution in [2.45, 2.75) is 76.2 Å². The SMILES string of the molecule is CC1(C)CC(N2CC(=O)N3C(c4ccccc4)c4[nH]c5ccccc5c4C[C@H]3C2=O)CC(C)(C)N1. The van der Waals surface area contributed by atoms with Crippen LogP contribution in [0.3, 0.4) is 0 Å². The number of aromatic amines is 1. The molecule has 4 heterocycles. The number of nitrogens with zero attached hydrogens (tertiary/aromatic N) is 2. The number of piperidine rings is 1. The highest BCUT2D eigenvalue weighted by molar-refractivity contribution is 5.97. The van der Waals surface area contributed by atoms with Gasteiger partial charge in [0.2, 0.25) is 11.8 Å². The van der Waals surface area contributed by atoms with Gasteiger partial charge in [0.25, 0.3) is 0 Å². The van der Waals surface area contributed by atoms with Gasteiger partial charge < -0.3 is 20.1 Å². The Morgan fingerprint density at radius 2 is 1.54 bits per heavy atom. The van der Waals surface area contributed by atoms with Gasteiger partial charge >= 0.3 is 0 Å². The number of fused-ring (bicyclic) bond motifs is 4. The number of amides is 2. The third-order valence-corrected chi connectivity index (χ3v) is 8.02. The molecule has 2 aromatic carbocycles. The molecule has 2 fully saturated rings. The Kier molecular flexibility index (Phi) is 4.91. The minimum atomic E-state index is -0.491. The number of piperazine rings is 1. The monoisotopic (exact) mass is 470 g/mol. The molecule has 0 bridgehead atoms. The van der Waals surface area contributed by atoms with Crippen molar-refractivity contribution in [3.63, 3.8) is 0 Å². The van der Waals surface area contributed by atoms with Crippen molar-refractivity contribution < 1.29 is 9.59 Å². The van der Waals surface area contributed by atoms with Crippen LogP contribution in [0.4, 0.5) is 0 Å². The molecule has 6 rings (SSSR count). The molecule has 0 radical (unpaired) electrons. The highest BCUT2D eigenvalue weighted by Crippen LogP contribution is 2.43. The molecule has 2 atom stereocenters. The average molecular weight is 471 g/mol. The first-order valence-corrected chi connectivity index (χ1v) is 12.7. The molecule has 6 nitrogen and oxygen atoms in total. The fraction of sp³-hybridized carbons (Fsp3) is 0.448. The molecule has 0 aliphatic carbocycles. The van der Waals surface area contributed by atoms with E-state index in [1.807, 2.05) is 40.1 Å². The molecule has 1 unspecified atom stereocenters. The standard InChI is InChI=1S/C29H34N4O2/c1-28(2)15-19(16-29(3,4)31-28)32-17-24(34)33-23(27(32)35)14-21-20-12-8-9-13-22(20)30-25(21)26(33)18-10-6-5-7-11-18/h5-13,19,23,26,30-31H,14-17H2,1-4H3/t23-,26?/m0/s1. The van der Waals surface area contributed by atoms with Crippen LogP contribution in [-0.4, -0.2) is 56.3 Å². The zero-order chi connectivity index (χ0) is 24.5. The first-order valence-electron chi connectivity index (χ1n) is 12.7. The number of H-pyrrole nitrogens is 1. The highest BCUT2D eigenvalue weighted by atomic mass is 16.2. The molecule has 35 heavy (non-hydrogen) atoms. The molecule has 1 aromatic heterocycles. The molecule has 3 aromatic rings. The number of hydrogen-bond acceptors (Lipinski definition) is 3. The third-order valence-electron chi connectivity index (χ3n) is 8.02. The molecular formula is C29H34N4O2. The fourth-order valence-corrected chi connectivity index (χ4v) is 7.07. The number of nitrogens with one attached hydrogen (secondary N) is 2. The summed E-state index contributed by atoms with van der Waals surface area (Å²) in [6.45, 7) is 8.90. The number of para-hydroxylation sites is 1. The molecule has 6 heteroatoms. The zero-order valence-electron chi connectivity index (χ0n) is 21.0. The normalized spacial score (nSPS) is 26.1. The molecule has 2 N–H and O–H groups in total. The Hall–Kier alpha value is -3.12. The van der Waals surface area contributed by atoms with Crippen LogP contribution in [0.15, 0.2) is 54.6 Å². The summed E-state index contributed by atoms with van der Waals surface area (Å²) in [6, 6.07) is 17.6. The lowest BCUT2D eigenvalue weighted by Crippen LogP contribution is -2.69. The van der Waals surface area contributed by atoms with Gasteiger partial charge in [-0.15, -0.1) is 0 Å². The first kappa shape index (κ1) is 22.4. The summed E-state index contributed by atoms with van der Waals surface area (Å²) in [5.74, 6) is 0.113. The van der Waals surface area contributed by atoms with Crippen LogP contribution in [0.5, 0.6) is 0 Å². The molecular weight excluding hydrogens is 436 g/mol. The zero-order valence-corrected chi connectivity index (χ0v) is 21.0. The van der Waals surface area contributed by atoms with Gasteiger partial charge in [0.15, 0.2) is 0 Å².